The van der Waals surface area contributed by atoms with Crippen molar-refractivity contribution in [2.75, 3.05) is 17.7 Å². The Labute approximate surface area is 146 Å². The second-order valence-corrected chi connectivity index (χ2v) is 5.36. The summed E-state index contributed by atoms with van der Waals surface area (Å²) in [6, 6.07) is 18.8. The van der Waals surface area contributed by atoms with Crippen LogP contribution in [0.3, 0.4) is 0 Å². The summed E-state index contributed by atoms with van der Waals surface area (Å²) < 4.78 is 5.23. The van der Waals surface area contributed by atoms with Crippen molar-refractivity contribution in [3.8, 4) is 11.8 Å². The van der Waals surface area contributed by atoms with Gasteiger partial charge < -0.3 is 15.4 Å². The molecule has 2 aromatic carbocycles. The first-order chi connectivity index (χ1) is 12.2. The number of benzene rings is 2. The zero-order valence-electron chi connectivity index (χ0n) is 13.9. The number of nitriles is 1. The molecule has 0 spiro atoms. The summed E-state index contributed by atoms with van der Waals surface area (Å²) in [5, 5.41) is 15.5. The molecule has 1 heterocycles. The second kappa shape index (κ2) is 7.32. The molecule has 0 radical (unpaired) electrons. The molecule has 0 aliphatic carbocycles. The predicted molar refractivity (Wildman–Crippen MR) is 97.5 cm³/mol. The molecule has 0 unspecified atom stereocenters. The fourth-order valence-electron chi connectivity index (χ4n) is 2.35. The molecule has 2 N–H and O–H groups in total. The van der Waals surface area contributed by atoms with Crippen LogP contribution < -0.4 is 15.4 Å². The van der Waals surface area contributed by atoms with E-state index >= 15 is 0 Å². The van der Waals surface area contributed by atoms with E-state index in [4.69, 9.17) is 4.74 Å². The average Bonchev–Trinajstić information content (AvgIpc) is 2.62. The maximum absolute atomic E-state index is 9.19. The molecule has 124 valence electrons. The average molecular weight is 331 g/mol. The van der Waals surface area contributed by atoms with Crippen molar-refractivity contribution in [1.29, 1.82) is 5.26 Å². The summed E-state index contributed by atoms with van der Waals surface area (Å²) in [4.78, 5) is 8.86. The van der Waals surface area contributed by atoms with Crippen LogP contribution in [0.4, 0.5) is 23.1 Å². The lowest BCUT2D eigenvalue weighted by atomic mass is 10.2. The summed E-state index contributed by atoms with van der Waals surface area (Å²) in [5.41, 5.74) is 2.87. The Hall–Kier alpha value is -3.59. The van der Waals surface area contributed by atoms with E-state index in [1.807, 2.05) is 55.5 Å². The van der Waals surface area contributed by atoms with Crippen LogP contribution in [-0.4, -0.2) is 17.1 Å². The molecule has 6 nitrogen and oxygen atoms in total. The first kappa shape index (κ1) is 16.3. The standard InChI is InChI=1S/C19H17N5O/c1-13-10-18(22-15-7-5-8-16(11-15)25-2)24-19(21-13)23-17-9-4-3-6-14(17)12-20/h3-11H,1-2H3,(H2,21,22,23,24). The SMILES string of the molecule is COc1cccc(Nc2cc(C)nc(Nc3ccccc3C#N)n2)c1. The smallest absolute Gasteiger partial charge is 0.229 e. The van der Waals surface area contributed by atoms with Crippen molar-refractivity contribution in [3.63, 3.8) is 0 Å². The van der Waals surface area contributed by atoms with E-state index in [0.29, 0.717) is 23.0 Å². The number of ether oxygens (including phenoxy) is 1. The molecule has 6 heteroatoms. The summed E-state index contributed by atoms with van der Waals surface area (Å²) >= 11 is 0. The van der Waals surface area contributed by atoms with Gasteiger partial charge in [0.15, 0.2) is 0 Å². The van der Waals surface area contributed by atoms with Gasteiger partial charge in [0.2, 0.25) is 5.95 Å². The summed E-state index contributed by atoms with van der Waals surface area (Å²) in [7, 11) is 1.63. The largest absolute Gasteiger partial charge is 0.497 e. The minimum absolute atomic E-state index is 0.424. The fourth-order valence-corrected chi connectivity index (χ4v) is 2.35. The highest BCUT2D eigenvalue weighted by molar-refractivity contribution is 5.65. The van der Waals surface area contributed by atoms with Gasteiger partial charge in [0.05, 0.1) is 18.4 Å². The van der Waals surface area contributed by atoms with Crippen LogP contribution in [0.15, 0.2) is 54.6 Å². The minimum Gasteiger partial charge on any atom is -0.497 e. The van der Waals surface area contributed by atoms with Crippen LogP contribution in [0.1, 0.15) is 11.3 Å². The Morgan fingerprint density at radius 1 is 1.00 bits per heavy atom. The molecule has 0 aliphatic rings. The van der Waals surface area contributed by atoms with Crippen molar-refractivity contribution in [2.24, 2.45) is 0 Å². The molecule has 0 saturated carbocycles. The minimum atomic E-state index is 0.424. The van der Waals surface area contributed by atoms with Gasteiger partial charge in [-0.1, -0.05) is 18.2 Å². The maximum Gasteiger partial charge on any atom is 0.229 e. The van der Waals surface area contributed by atoms with E-state index in [2.05, 4.69) is 26.7 Å². The first-order valence-electron chi connectivity index (χ1n) is 7.71. The third kappa shape index (κ3) is 4.03. The Kier molecular flexibility index (Phi) is 4.77. The van der Waals surface area contributed by atoms with Crippen LogP contribution in [0, 0.1) is 18.3 Å². The van der Waals surface area contributed by atoms with Crippen molar-refractivity contribution >= 4 is 23.1 Å². The molecule has 25 heavy (non-hydrogen) atoms. The summed E-state index contributed by atoms with van der Waals surface area (Å²) in [6.45, 7) is 1.89. The van der Waals surface area contributed by atoms with Gasteiger partial charge in [0, 0.05) is 23.5 Å². The van der Waals surface area contributed by atoms with Gasteiger partial charge in [-0.25, -0.2) is 4.98 Å². The number of aryl methyl sites for hydroxylation is 1. The molecular formula is C19H17N5O. The molecule has 0 aliphatic heterocycles. The van der Waals surface area contributed by atoms with Gasteiger partial charge in [-0.15, -0.1) is 0 Å². The van der Waals surface area contributed by atoms with Gasteiger partial charge in [0.1, 0.15) is 17.6 Å². The van der Waals surface area contributed by atoms with Gasteiger partial charge in [-0.05, 0) is 31.2 Å². The van der Waals surface area contributed by atoms with Gasteiger partial charge in [0.25, 0.3) is 0 Å². The lowest BCUT2D eigenvalue weighted by Gasteiger charge is -2.11. The zero-order chi connectivity index (χ0) is 17.6. The Morgan fingerprint density at radius 3 is 2.64 bits per heavy atom. The number of hydrogen-bond donors (Lipinski definition) is 2. The first-order valence-corrected chi connectivity index (χ1v) is 7.71. The van der Waals surface area contributed by atoms with Crippen LogP contribution in [0.25, 0.3) is 0 Å². The number of para-hydroxylation sites is 1. The zero-order valence-corrected chi connectivity index (χ0v) is 13.9. The van der Waals surface area contributed by atoms with E-state index in [-0.39, 0.29) is 0 Å². The highest BCUT2D eigenvalue weighted by Gasteiger charge is 2.06. The molecule has 1 aromatic heterocycles. The van der Waals surface area contributed by atoms with Crippen LogP contribution in [-0.2, 0) is 0 Å². The predicted octanol–water partition coefficient (Wildman–Crippen LogP) is 4.15. The number of methoxy groups -OCH3 is 1. The number of hydrogen-bond acceptors (Lipinski definition) is 6. The van der Waals surface area contributed by atoms with Crippen LogP contribution in [0.2, 0.25) is 0 Å². The molecule has 0 amide bonds. The molecule has 3 rings (SSSR count). The monoisotopic (exact) mass is 331 g/mol. The Bertz CT molecular complexity index is 933. The highest BCUT2D eigenvalue weighted by Crippen LogP contribution is 2.23. The summed E-state index contributed by atoms with van der Waals surface area (Å²) in [5.74, 6) is 1.84. The number of nitrogens with one attached hydrogen (secondary N) is 2. The quantitative estimate of drug-likeness (QED) is 0.730. The van der Waals surface area contributed by atoms with E-state index in [0.717, 1.165) is 17.1 Å². The van der Waals surface area contributed by atoms with E-state index in [1.165, 1.54) is 0 Å². The van der Waals surface area contributed by atoms with E-state index in [9.17, 15) is 5.26 Å². The highest BCUT2D eigenvalue weighted by atomic mass is 16.5. The third-order valence-electron chi connectivity index (χ3n) is 3.49. The second-order valence-electron chi connectivity index (χ2n) is 5.36. The lowest BCUT2D eigenvalue weighted by Crippen LogP contribution is -2.03. The lowest BCUT2D eigenvalue weighted by molar-refractivity contribution is 0.415. The van der Waals surface area contributed by atoms with Crippen molar-refractivity contribution in [2.45, 2.75) is 6.92 Å². The number of nitrogens with zero attached hydrogens (tertiary/aromatic N) is 3. The van der Waals surface area contributed by atoms with Gasteiger partial charge in [-0.3, -0.25) is 0 Å². The Balaban J connectivity index is 1.86. The molecule has 0 bridgehead atoms. The van der Waals surface area contributed by atoms with Crippen molar-refractivity contribution in [3.05, 3.63) is 65.9 Å². The summed E-state index contributed by atoms with van der Waals surface area (Å²) in [6.07, 6.45) is 0. The van der Waals surface area contributed by atoms with Gasteiger partial charge >= 0.3 is 0 Å². The van der Waals surface area contributed by atoms with E-state index < -0.39 is 0 Å². The van der Waals surface area contributed by atoms with Crippen molar-refractivity contribution < 1.29 is 4.74 Å². The fraction of sp³-hybridized carbons (Fsp3) is 0.105. The normalized spacial score (nSPS) is 9.96. The van der Waals surface area contributed by atoms with E-state index in [1.54, 1.807) is 13.2 Å². The van der Waals surface area contributed by atoms with Crippen molar-refractivity contribution in [1.82, 2.24) is 9.97 Å². The molecule has 3 aromatic rings. The van der Waals surface area contributed by atoms with Gasteiger partial charge in [-0.2, -0.15) is 10.2 Å². The van der Waals surface area contributed by atoms with Crippen LogP contribution in [0.5, 0.6) is 5.75 Å². The molecule has 0 saturated heterocycles. The van der Waals surface area contributed by atoms with Crippen LogP contribution >= 0.6 is 0 Å². The number of aromatic nitrogens is 2. The topological polar surface area (TPSA) is 82.9 Å². The molecule has 0 atom stereocenters. The molecular weight excluding hydrogens is 314 g/mol. The number of anilines is 4. The Morgan fingerprint density at radius 2 is 1.84 bits per heavy atom. The molecule has 0 fully saturated rings. The number of rotatable bonds is 5. The third-order valence-corrected chi connectivity index (χ3v) is 3.49. The maximum atomic E-state index is 9.19.